The van der Waals surface area contributed by atoms with Crippen LogP contribution < -0.4 is 0 Å². The second-order valence-corrected chi connectivity index (χ2v) is 15.9. The molecule has 4 aromatic heterocycles. The van der Waals surface area contributed by atoms with E-state index in [1.807, 2.05) is 118 Å². The van der Waals surface area contributed by atoms with Crippen LogP contribution in [0.4, 0.5) is 4.39 Å². The number of hydrogen-bond acceptors (Lipinski definition) is 4. The smallest absolute Gasteiger partial charge is 0.173 e. The van der Waals surface area contributed by atoms with Gasteiger partial charge >= 0.3 is 0 Å². The van der Waals surface area contributed by atoms with Crippen molar-refractivity contribution in [1.82, 2.24) is 9.13 Å². The maximum atomic E-state index is 18.9. The van der Waals surface area contributed by atoms with Gasteiger partial charge in [-0.25, -0.2) is 4.39 Å². The summed E-state index contributed by atoms with van der Waals surface area (Å²) in [5, 5.41) is 28.9. The predicted molar refractivity (Wildman–Crippen MR) is 250 cm³/mol. The van der Waals surface area contributed by atoms with E-state index in [-0.39, 0.29) is 22.5 Å². The molecule has 0 spiro atoms. The van der Waals surface area contributed by atoms with Crippen molar-refractivity contribution < 1.29 is 13.2 Å². The van der Waals surface area contributed by atoms with Crippen molar-refractivity contribution in [2.75, 3.05) is 0 Å². The Balaban J connectivity index is 1.20. The Hall–Kier alpha value is -8.91. The first-order valence-corrected chi connectivity index (χ1v) is 20.6. The van der Waals surface area contributed by atoms with Gasteiger partial charge in [-0.1, -0.05) is 121 Å². The third-order valence-corrected chi connectivity index (χ3v) is 12.7. The van der Waals surface area contributed by atoms with E-state index in [1.54, 1.807) is 0 Å². The van der Waals surface area contributed by atoms with Gasteiger partial charge < -0.3 is 18.0 Å². The zero-order valence-electron chi connectivity index (χ0n) is 33.2. The average molecular weight is 809 g/mol. The number of benzene rings is 9. The molecule has 292 valence electrons. The maximum absolute atomic E-state index is 18.9. The first-order chi connectivity index (χ1) is 31.1. The molecule has 0 radical (unpaired) electrons. The third kappa shape index (κ3) is 4.85. The van der Waals surface area contributed by atoms with Crippen LogP contribution in [-0.2, 0) is 0 Å². The fourth-order valence-electron chi connectivity index (χ4n) is 9.88. The lowest BCUT2D eigenvalue weighted by Crippen LogP contribution is -2.09. The Morgan fingerprint density at radius 2 is 0.794 bits per heavy atom. The lowest BCUT2D eigenvalue weighted by Gasteiger charge is -2.18. The van der Waals surface area contributed by atoms with Crippen molar-refractivity contribution in [1.29, 1.82) is 10.5 Å². The SMILES string of the molecule is N#Cc1cc(C#N)c(-n2c3ccc(-c4ccccc4)cc3c3ccc4c5ccccc5oc4c32)c(F)c1-n1c2ccc(-c3ccccc3)cc2c2ccc3c4ccccc4oc3c21. The van der Waals surface area contributed by atoms with E-state index >= 15 is 4.39 Å². The molecule has 0 fully saturated rings. The van der Waals surface area contributed by atoms with Gasteiger partial charge in [-0.2, -0.15) is 10.5 Å². The molecule has 13 aromatic rings. The van der Waals surface area contributed by atoms with Crippen molar-refractivity contribution in [2.24, 2.45) is 0 Å². The van der Waals surface area contributed by atoms with Crippen LogP contribution in [0.25, 0.3) is 121 Å². The van der Waals surface area contributed by atoms with Crippen molar-refractivity contribution in [3.63, 3.8) is 0 Å². The Morgan fingerprint density at radius 3 is 1.24 bits per heavy atom. The Morgan fingerprint density at radius 1 is 0.381 bits per heavy atom. The molecule has 7 heteroatoms. The number of nitriles is 2. The van der Waals surface area contributed by atoms with Crippen LogP contribution in [0.1, 0.15) is 11.1 Å². The minimum Gasteiger partial charge on any atom is -0.454 e. The molecular formula is C56H29FN4O2. The molecule has 0 unspecified atom stereocenters. The van der Waals surface area contributed by atoms with E-state index in [2.05, 4.69) is 72.8 Å². The normalized spacial score (nSPS) is 11.9. The predicted octanol–water partition coefficient (Wildman–Crippen LogP) is 14.9. The average Bonchev–Trinajstić information content (AvgIpc) is 4.09. The van der Waals surface area contributed by atoms with Crippen LogP contribution in [0.5, 0.6) is 0 Å². The molecule has 9 aromatic carbocycles. The largest absolute Gasteiger partial charge is 0.454 e. The van der Waals surface area contributed by atoms with Crippen molar-refractivity contribution in [2.45, 2.75) is 0 Å². The van der Waals surface area contributed by atoms with Crippen molar-refractivity contribution in [3.05, 3.63) is 193 Å². The number of nitrogens with zero attached hydrogens (tertiary/aromatic N) is 4. The van der Waals surface area contributed by atoms with Crippen molar-refractivity contribution in [3.8, 4) is 45.8 Å². The molecule has 0 aliphatic carbocycles. The number of fused-ring (bicyclic) bond motifs is 14. The summed E-state index contributed by atoms with van der Waals surface area (Å²) in [5.74, 6) is -0.733. The van der Waals surface area contributed by atoms with Gasteiger partial charge in [0, 0.05) is 43.1 Å². The van der Waals surface area contributed by atoms with Gasteiger partial charge in [0.05, 0.1) is 33.2 Å². The number of hydrogen-bond donors (Lipinski definition) is 0. The highest BCUT2D eigenvalue weighted by atomic mass is 19.1. The van der Waals surface area contributed by atoms with Gasteiger partial charge in [0.1, 0.15) is 34.7 Å². The second-order valence-electron chi connectivity index (χ2n) is 15.9. The van der Waals surface area contributed by atoms with Gasteiger partial charge in [-0.15, -0.1) is 0 Å². The zero-order valence-corrected chi connectivity index (χ0v) is 33.2. The van der Waals surface area contributed by atoms with E-state index < -0.39 is 5.82 Å². The molecule has 0 aliphatic heterocycles. The van der Waals surface area contributed by atoms with Gasteiger partial charge in [-0.3, -0.25) is 0 Å². The summed E-state index contributed by atoms with van der Waals surface area (Å²) in [6, 6.07) is 62.4. The minimum absolute atomic E-state index is 0.00728. The topological polar surface area (TPSA) is 83.7 Å². The maximum Gasteiger partial charge on any atom is 0.173 e. The van der Waals surface area contributed by atoms with E-state index in [0.717, 1.165) is 65.3 Å². The lowest BCUT2D eigenvalue weighted by molar-refractivity contribution is 0.612. The lowest BCUT2D eigenvalue weighted by atomic mass is 10.0. The highest BCUT2D eigenvalue weighted by Crippen LogP contribution is 2.46. The molecule has 0 bridgehead atoms. The number of furan rings is 2. The molecule has 0 atom stereocenters. The summed E-state index contributed by atoms with van der Waals surface area (Å²) in [6.45, 7) is 0. The summed E-state index contributed by atoms with van der Waals surface area (Å²) in [6.07, 6.45) is 0. The number of halogens is 1. The van der Waals surface area contributed by atoms with Crippen LogP contribution in [0, 0.1) is 28.5 Å². The van der Waals surface area contributed by atoms with Gasteiger partial charge in [0.25, 0.3) is 0 Å². The summed E-state index contributed by atoms with van der Waals surface area (Å²) in [4.78, 5) is 0. The fraction of sp³-hybridized carbons (Fsp3) is 0. The molecule has 0 saturated carbocycles. The number of para-hydroxylation sites is 2. The molecule has 0 amide bonds. The van der Waals surface area contributed by atoms with Crippen LogP contribution in [0.2, 0.25) is 0 Å². The summed E-state index contributed by atoms with van der Waals surface area (Å²) in [7, 11) is 0. The molecule has 4 heterocycles. The second kappa shape index (κ2) is 13.0. The van der Waals surface area contributed by atoms with E-state index in [0.29, 0.717) is 44.4 Å². The molecule has 63 heavy (non-hydrogen) atoms. The monoisotopic (exact) mass is 808 g/mol. The fourth-order valence-corrected chi connectivity index (χ4v) is 9.88. The quantitative estimate of drug-likeness (QED) is 0.177. The van der Waals surface area contributed by atoms with Crippen LogP contribution in [0.3, 0.4) is 0 Å². The Kier molecular flexibility index (Phi) is 7.23. The number of rotatable bonds is 4. The Bertz CT molecular complexity index is 3910. The molecule has 13 rings (SSSR count). The minimum atomic E-state index is -0.733. The summed E-state index contributed by atoms with van der Waals surface area (Å²) < 4.78 is 35.9. The van der Waals surface area contributed by atoms with Crippen LogP contribution in [0.15, 0.2) is 185 Å². The standard InChI is InChI=1S/C56H29FN4O2/c57-50-51(60-46-25-19-34(32-11-3-1-4-12-32)28-44(46)40-21-23-42-38-15-7-9-17-48(38)62-55(42)53(40)60)36(30-58)27-37(31-59)52(50)61-47-26-20-35(33-13-5-2-6-14-33)29-45(47)41-22-24-43-39-16-8-10-18-49(39)63-56(43)54(41)61/h1-29H. The van der Waals surface area contributed by atoms with E-state index in [4.69, 9.17) is 8.83 Å². The van der Waals surface area contributed by atoms with E-state index in [9.17, 15) is 10.5 Å². The van der Waals surface area contributed by atoms with Crippen LogP contribution in [-0.4, -0.2) is 9.13 Å². The highest BCUT2D eigenvalue weighted by Gasteiger charge is 2.30. The Labute approximate surface area is 357 Å². The molecule has 0 saturated heterocycles. The first kappa shape index (κ1) is 34.9. The molecule has 6 nitrogen and oxygen atoms in total. The molecule has 0 aliphatic rings. The summed E-state index contributed by atoms with van der Waals surface area (Å²) >= 11 is 0. The number of aromatic nitrogens is 2. The van der Waals surface area contributed by atoms with Gasteiger partial charge in [0.15, 0.2) is 17.0 Å². The molecular weight excluding hydrogens is 780 g/mol. The van der Waals surface area contributed by atoms with E-state index in [1.165, 1.54) is 6.07 Å². The van der Waals surface area contributed by atoms with Gasteiger partial charge in [-0.05, 0) is 76.9 Å². The first-order valence-electron chi connectivity index (χ1n) is 20.6. The van der Waals surface area contributed by atoms with Crippen LogP contribution >= 0.6 is 0 Å². The summed E-state index contributed by atoms with van der Waals surface area (Å²) in [5.41, 5.74) is 9.19. The zero-order chi connectivity index (χ0) is 41.9. The highest BCUT2D eigenvalue weighted by molar-refractivity contribution is 6.23. The van der Waals surface area contributed by atoms with Crippen molar-refractivity contribution >= 4 is 87.5 Å². The molecule has 0 N–H and O–H groups in total. The van der Waals surface area contributed by atoms with Gasteiger partial charge in [0.2, 0.25) is 0 Å². The third-order valence-electron chi connectivity index (χ3n) is 12.7.